The molecule has 0 spiro atoms. The number of carbonyl (C=O) groups excluding carboxylic acids is 1. The van der Waals surface area contributed by atoms with Gasteiger partial charge in [0.25, 0.3) is 0 Å². The number of cyclic esters (lactones) is 1. The molecule has 0 saturated heterocycles. The van der Waals surface area contributed by atoms with Crippen molar-refractivity contribution in [3.63, 3.8) is 0 Å². The molecule has 1 atom stereocenters. The average Bonchev–Trinajstić information content (AvgIpc) is 2.44. The van der Waals surface area contributed by atoms with Crippen molar-refractivity contribution in [3.8, 4) is 0 Å². The number of hydrogen-bond acceptors (Lipinski definition) is 2. The summed E-state index contributed by atoms with van der Waals surface area (Å²) in [5, 5.41) is 0. The van der Waals surface area contributed by atoms with Gasteiger partial charge in [-0.2, -0.15) is 0 Å². The van der Waals surface area contributed by atoms with E-state index in [0.717, 1.165) is 11.6 Å². The Balaban J connectivity index is 2.04. The van der Waals surface area contributed by atoms with Crippen molar-refractivity contribution < 1.29 is 18.3 Å². The van der Waals surface area contributed by atoms with Crippen LogP contribution in [0.25, 0.3) is 0 Å². The van der Waals surface area contributed by atoms with Gasteiger partial charge in [-0.05, 0) is 17.7 Å². The minimum absolute atomic E-state index is 0.0881. The fourth-order valence-electron chi connectivity index (χ4n) is 2.26. The van der Waals surface area contributed by atoms with Crippen LogP contribution in [0.5, 0.6) is 0 Å². The van der Waals surface area contributed by atoms with Crippen LogP contribution < -0.4 is 0 Å². The first-order valence-electron chi connectivity index (χ1n) is 5.89. The lowest BCUT2D eigenvalue weighted by atomic mass is 9.94. The Labute approximate surface area is 108 Å². The van der Waals surface area contributed by atoms with Crippen molar-refractivity contribution in [2.45, 2.75) is 12.5 Å². The molecule has 1 aliphatic heterocycles. The highest BCUT2D eigenvalue weighted by molar-refractivity contribution is 5.92. The Hall–Kier alpha value is -2.23. The standard InChI is InChI=1S/C15H10F2O2/c16-12-7-6-10-11(14(12)17)8-13(19-15(10)18)9-4-2-1-3-5-9/h1-7,13H,8H2. The predicted molar refractivity (Wildman–Crippen MR) is 64.7 cm³/mol. The van der Waals surface area contributed by atoms with Gasteiger partial charge >= 0.3 is 5.97 Å². The predicted octanol–water partition coefficient (Wildman–Crippen LogP) is 3.42. The maximum absolute atomic E-state index is 13.8. The van der Waals surface area contributed by atoms with Crippen molar-refractivity contribution in [1.29, 1.82) is 0 Å². The summed E-state index contributed by atoms with van der Waals surface area (Å²) in [6, 6.07) is 11.2. The Morgan fingerprint density at radius 3 is 2.53 bits per heavy atom. The molecule has 1 aliphatic rings. The largest absolute Gasteiger partial charge is 0.454 e. The van der Waals surface area contributed by atoms with Crippen molar-refractivity contribution in [2.24, 2.45) is 0 Å². The van der Waals surface area contributed by atoms with Crippen LogP contribution in [-0.2, 0) is 11.2 Å². The number of ether oxygens (including phenoxy) is 1. The monoisotopic (exact) mass is 260 g/mol. The molecule has 2 aromatic rings. The Bertz CT molecular complexity index is 638. The first kappa shape index (κ1) is 11.8. The van der Waals surface area contributed by atoms with E-state index in [4.69, 9.17) is 4.74 Å². The van der Waals surface area contributed by atoms with E-state index in [0.29, 0.717) is 0 Å². The van der Waals surface area contributed by atoms with Gasteiger partial charge < -0.3 is 4.74 Å². The third-order valence-corrected chi connectivity index (χ3v) is 3.23. The first-order chi connectivity index (χ1) is 9.16. The van der Waals surface area contributed by atoms with E-state index in [1.165, 1.54) is 6.07 Å². The number of fused-ring (bicyclic) bond motifs is 1. The van der Waals surface area contributed by atoms with Crippen molar-refractivity contribution in [3.05, 3.63) is 70.8 Å². The first-order valence-corrected chi connectivity index (χ1v) is 5.89. The van der Waals surface area contributed by atoms with Gasteiger partial charge in [-0.1, -0.05) is 30.3 Å². The van der Waals surface area contributed by atoms with Gasteiger partial charge in [0.2, 0.25) is 0 Å². The van der Waals surface area contributed by atoms with Gasteiger partial charge in [0.05, 0.1) is 5.56 Å². The smallest absolute Gasteiger partial charge is 0.339 e. The summed E-state index contributed by atoms with van der Waals surface area (Å²) in [6.45, 7) is 0. The second-order valence-corrected chi connectivity index (χ2v) is 4.40. The van der Waals surface area contributed by atoms with Crippen LogP contribution in [-0.4, -0.2) is 5.97 Å². The van der Waals surface area contributed by atoms with E-state index in [9.17, 15) is 13.6 Å². The number of hydrogen-bond donors (Lipinski definition) is 0. The molecule has 0 aromatic heterocycles. The molecule has 0 radical (unpaired) electrons. The molecule has 1 unspecified atom stereocenters. The zero-order chi connectivity index (χ0) is 13.4. The molecule has 3 rings (SSSR count). The zero-order valence-electron chi connectivity index (χ0n) is 9.90. The maximum Gasteiger partial charge on any atom is 0.339 e. The van der Waals surface area contributed by atoms with Gasteiger partial charge in [-0.15, -0.1) is 0 Å². The van der Waals surface area contributed by atoms with Crippen molar-refractivity contribution in [1.82, 2.24) is 0 Å². The SMILES string of the molecule is O=C1OC(c2ccccc2)Cc2c1ccc(F)c2F. The fraction of sp³-hybridized carbons (Fsp3) is 0.133. The van der Waals surface area contributed by atoms with Crippen LogP contribution in [0.1, 0.15) is 27.6 Å². The second kappa shape index (κ2) is 4.46. The highest BCUT2D eigenvalue weighted by atomic mass is 19.2. The Kier molecular flexibility index (Phi) is 2.78. The number of esters is 1. The molecular formula is C15H10F2O2. The molecule has 0 bridgehead atoms. The number of carbonyl (C=O) groups is 1. The van der Waals surface area contributed by atoms with E-state index >= 15 is 0 Å². The maximum atomic E-state index is 13.8. The molecule has 0 N–H and O–H groups in total. The highest BCUT2D eigenvalue weighted by Crippen LogP contribution is 2.32. The number of rotatable bonds is 1. The summed E-state index contributed by atoms with van der Waals surface area (Å²) >= 11 is 0. The van der Waals surface area contributed by atoms with Crippen molar-refractivity contribution >= 4 is 5.97 Å². The van der Waals surface area contributed by atoms with E-state index in [1.807, 2.05) is 6.07 Å². The molecule has 0 amide bonds. The lowest BCUT2D eigenvalue weighted by Crippen LogP contribution is -2.23. The topological polar surface area (TPSA) is 26.3 Å². The summed E-state index contributed by atoms with van der Waals surface area (Å²) in [7, 11) is 0. The molecule has 1 heterocycles. The molecule has 0 fully saturated rings. The quantitative estimate of drug-likeness (QED) is 0.734. The van der Waals surface area contributed by atoms with Crippen LogP contribution >= 0.6 is 0 Å². The van der Waals surface area contributed by atoms with Gasteiger partial charge in [-0.3, -0.25) is 0 Å². The molecular weight excluding hydrogens is 250 g/mol. The third kappa shape index (κ3) is 1.99. The van der Waals surface area contributed by atoms with E-state index in [2.05, 4.69) is 0 Å². The summed E-state index contributed by atoms with van der Waals surface area (Å²) in [5.74, 6) is -2.52. The summed E-state index contributed by atoms with van der Waals surface area (Å²) in [5.41, 5.74) is 0.960. The lowest BCUT2D eigenvalue weighted by Gasteiger charge is -2.25. The Morgan fingerprint density at radius 1 is 1.05 bits per heavy atom. The lowest BCUT2D eigenvalue weighted by molar-refractivity contribution is 0.0247. The normalized spacial score (nSPS) is 17.8. The van der Waals surface area contributed by atoms with E-state index in [1.54, 1.807) is 24.3 Å². The molecule has 0 aliphatic carbocycles. The zero-order valence-corrected chi connectivity index (χ0v) is 9.90. The van der Waals surface area contributed by atoms with Crippen LogP contribution in [0.3, 0.4) is 0 Å². The van der Waals surface area contributed by atoms with Gasteiger partial charge in [0.15, 0.2) is 11.6 Å². The van der Waals surface area contributed by atoms with Crippen LogP contribution in [0, 0.1) is 11.6 Å². The summed E-state index contributed by atoms with van der Waals surface area (Å²) < 4.78 is 32.3. The molecule has 19 heavy (non-hydrogen) atoms. The van der Waals surface area contributed by atoms with Gasteiger partial charge in [-0.25, -0.2) is 13.6 Å². The van der Waals surface area contributed by atoms with Crippen LogP contribution in [0.4, 0.5) is 8.78 Å². The van der Waals surface area contributed by atoms with Gasteiger partial charge in [0, 0.05) is 12.0 Å². The third-order valence-electron chi connectivity index (χ3n) is 3.23. The molecule has 96 valence electrons. The molecule has 4 heteroatoms. The van der Waals surface area contributed by atoms with E-state index < -0.39 is 23.7 Å². The number of benzene rings is 2. The Morgan fingerprint density at radius 2 is 1.79 bits per heavy atom. The fourth-order valence-corrected chi connectivity index (χ4v) is 2.26. The van der Waals surface area contributed by atoms with Crippen molar-refractivity contribution in [2.75, 3.05) is 0 Å². The summed E-state index contributed by atoms with van der Waals surface area (Å²) in [4.78, 5) is 11.8. The van der Waals surface area contributed by atoms with Crippen LogP contribution in [0.15, 0.2) is 42.5 Å². The number of halogens is 2. The second-order valence-electron chi connectivity index (χ2n) is 4.40. The molecule has 2 aromatic carbocycles. The van der Waals surface area contributed by atoms with Crippen LogP contribution in [0.2, 0.25) is 0 Å². The minimum Gasteiger partial charge on any atom is -0.454 e. The molecule has 0 saturated carbocycles. The molecule has 2 nitrogen and oxygen atoms in total. The average molecular weight is 260 g/mol. The summed E-state index contributed by atoms with van der Waals surface area (Å²) in [6.07, 6.45) is -0.424. The highest BCUT2D eigenvalue weighted by Gasteiger charge is 2.30. The minimum atomic E-state index is -0.963. The van der Waals surface area contributed by atoms with Gasteiger partial charge in [0.1, 0.15) is 6.10 Å². The van der Waals surface area contributed by atoms with E-state index in [-0.39, 0.29) is 17.5 Å².